The van der Waals surface area contributed by atoms with Crippen LogP contribution >= 0.6 is 15.9 Å². The van der Waals surface area contributed by atoms with E-state index < -0.39 is 11.6 Å². The van der Waals surface area contributed by atoms with Gasteiger partial charge in [0.25, 0.3) is 0 Å². The highest BCUT2D eigenvalue weighted by Crippen LogP contribution is 2.29. The number of amides is 1. The topological polar surface area (TPSA) is 29.1 Å². The van der Waals surface area contributed by atoms with Crippen LogP contribution in [0.25, 0.3) is 0 Å². The van der Waals surface area contributed by atoms with E-state index in [-0.39, 0.29) is 17.9 Å². The summed E-state index contributed by atoms with van der Waals surface area (Å²) in [5.41, 5.74) is 1.15. The zero-order valence-corrected chi connectivity index (χ0v) is 12.3. The average molecular weight is 340 g/mol. The summed E-state index contributed by atoms with van der Waals surface area (Å²) in [7, 11) is 0. The van der Waals surface area contributed by atoms with Crippen molar-refractivity contribution in [3.8, 4) is 0 Å². The lowest BCUT2D eigenvalue weighted by atomic mass is 10.0. The molecule has 0 saturated carbocycles. The van der Waals surface area contributed by atoms with E-state index >= 15 is 0 Å². The lowest BCUT2D eigenvalue weighted by Gasteiger charge is -2.13. The Bertz CT molecular complexity index is 638. The van der Waals surface area contributed by atoms with Gasteiger partial charge < -0.3 is 5.32 Å². The minimum atomic E-state index is -0.602. The van der Waals surface area contributed by atoms with E-state index in [4.69, 9.17) is 0 Å². The van der Waals surface area contributed by atoms with Crippen molar-refractivity contribution in [3.63, 3.8) is 0 Å². The lowest BCUT2D eigenvalue weighted by Crippen LogP contribution is -2.09. The number of hydrogen-bond donors (Lipinski definition) is 1. The highest BCUT2D eigenvalue weighted by atomic mass is 79.9. The van der Waals surface area contributed by atoms with Crippen molar-refractivity contribution in [2.75, 3.05) is 5.32 Å². The highest BCUT2D eigenvalue weighted by molar-refractivity contribution is 9.10. The van der Waals surface area contributed by atoms with E-state index in [2.05, 4.69) is 21.2 Å². The molecular weight excluding hydrogens is 328 g/mol. The van der Waals surface area contributed by atoms with Crippen molar-refractivity contribution in [2.45, 2.75) is 13.3 Å². The maximum absolute atomic E-state index is 13.7. The van der Waals surface area contributed by atoms with Gasteiger partial charge in [-0.05, 0) is 29.8 Å². The van der Waals surface area contributed by atoms with Crippen molar-refractivity contribution in [2.24, 2.45) is 0 Å². The fourth-order valence-corrected chi connectivity index (χ4v) is 2.43. The number of halogens is 3. The van der Waals surface area contributed by atoms with Crippen molar-refractivity contribution < 1.29 is 13.6 Å². The number of carbonyl (C=O) groups excluding carboxylic acids is 1. The normalized spacial score (nSPS) is 10.4. The summed E-state index contributed by atoms with van der Waals surface area (Å²) in [5, 5.41) is 2.66. The molecule has 2 aromatic rings. The second-order valence-electron chi connectivity index (χ2n) is 4.32. The largest absolute Gasteiger partial charge is 0.326 e. The van der Waals surface area contributed by atoms with Gasteiger partial charge in [0.15, 0.2) is 0 Å². The smallest absolute Gasteiger partial charge is 0.221 e. The van der Waals surface area contributed by atoms with Gasteiger partial charge in [-0.25, -0.2) is 8.78 Å². The highest BCUT2D eigenvalue weighted by Gasteiger charge is 2.14. The van der Waals surface area contributed by atoms with Gasteiger partial charge in [-0.15, -0.1) is 0 Å². The van der Waals surface area contributed by atoms with Gasteiger partial charge in [0.1, 0.15) is 11.6 Å². The van der Waals surface area contributed by atoms with E-state index in [0.29, 0.717) is 15.7 Å². The number of rotatable bonds is 3. The third kappa shape index (κ3) is 3.22. The molecular formula is C15H12BrF2NO. The van der Waals surface area contributed by atoms with Gasteiger partial charge in [0.05, 0.1) is 0 Å². The third-order valence-electron chi connectivity index (χ3n) is 2.84. The van der Waals surface area contributed by atoms with Crippen LogP contribution in [0.4, 0.5) is 14.5 Å². The Morgan fingerprint density at radius 1 is 1.10 bits per heavy atom. The van der Waals surface area contributed by atoms with Gasteiger partial charge in [-0.2, -0.15) is 0 Å². The minimum Gasteiger partial charge on any atom is -0.326 e. The molecule has 0 saturated heterocycles. The van der Waals surface area contributed by atoms with Crippen molar-refractivity contribution in [3.05, 3.63) is 63.6 Å². The lowest BCUT2D eigenvalue weighted by molar-refractivity contribution is -0.114. The van der Waals surface area contributed by atoms with E-state index in [1.165, 1.54) is 25.1 Å². The monoisotopic (exact) mass is 339 g/mol. The summed E-state index contributed by atoms with van der Waals surface area (Å²) in [6.45, 7) is 1.38. The Hall–Kier alpha value is -1.75. The molecule has 20 heavy (non-hydrogen) atoms. The van der Waals surface area contributed by atoms with Crippen LogP contribution in [0.1, 0.15) is 18.1 Å². The molecule has 2 rings (SSSR count). The number of anilines is 1. The molecule has 0 aliphatic carbocycles. The summed E-state index contributed by atoms with van der Waals surface area (Å²) < 4.78 is 28.1. The van der Waals surface area contributed by atoms with Crippen molar-refractivity contribution in [1.29, 1.82) is 0 Å². The van der Waals surface area contributed by atoms with Crippen LogP contribution in [-0.4, -0.2) is 5.91 Å². The maximum atomic E-state index is 13.7. The molecule has 0 aromatic heterocycles. The first-order valence-corrected chi connectivity index (χ1v) is 6.76. The second kappa shape index (κ2) is 6.13. The molecule has 0 bridgehead atoms. The van der Waals surface area contributed by atoms with E-state index in [9.17, 15) is 13.6 Å². The van der Waals surface area contributed by atoms with E-state index in [1.807, 2.05) is 0 Å². The van der Waals surface area contributed by atoms with Crippen LogP contribution in [0.15, 0.2) is 40.9 Å². The Morgan fingerprint density at radius 2 is 1.70 bits per heavy atom. The number of hydrogen-bond acceptors (Lipinski definition) is 1. The summed E-state index contributed by atoms with van der Waals surface area (Å²) in [5.74, 6) is -1.44. The fourth-order valence-electron chi connectivity index (χ4n) is 1.92. The Labute approximate surface area is 123 Å². The molecule has 0 heterocycles. The van der Waals surface area contributed by atoms with Gasteiger partial charge in [0, 0.05) is 29.1 Å². The van der Waals surface area contributed by atoms with Crippen LogP contribution in [0, 0.1) is 11.6 Å². The van der Waals surface area contributed by atoms with Gasteiger partial charge in [-0.3, -0.25) is 4.79 Å². The molecule has 0 radical (unpaired) electrons. The summed E-state index contributed by atoms with van der Waals surface area (Å²) >= 11 is 3.35. The first kappa shape index (κ1) is 14.7. The Balaban J connectivity index is 2.45. The summed E-state index contributed by atoms with van der Waals surface area (Å²) in [4.78, 5) is 11.2. The zero-order valence-electron chi connectivity index (χ0n) is 10.7. The van der Waals surface area contributed by atoms with Crippen LogP contribution < -0.4 is 5.32 Å². The molecule has 1 N–H and O–H groups in total. The fraction of sp³-hybridized carbons (Fsp3) is 0.133. The number of benzene rings is 2. The van der Waals surface area contributed by atoms with Crippen LogP contribution in [-0.2, 0) is 11.2 Å². The van der Waals surface area contributed by atoms with E-state index in [1.54, 1.807) is 18.2 Å². The third-order valence-corrected chi connectivity index (χ3v) is 3.59. The molecule has 2 nitrogen and oxygen atoms in total. The molecule has 0 atom stereocenters. The van der Waals surface area contributed by atoms with Crippen LogP contribution in [0.2, 0.25) is 0 Å². The zero-order chi connectivity index (χ0) is 14.7. The predicted molar refractivity (Wildman–Crippen MR) is 77.6 cm³/mol. The summed E-state index contributed by atoms with van der Waals surface area (Å²) in [6.07, 6.45) is 0.0511. The maximum Gasteiger partial charge on any atom is 0.221 e. The average Bonchev–Trinajstić information content (AvgIpc) is 2.36. The molecule has 0 spiro atoms. The molecule has 5 heteroatoms. The quantitative estimate of drug-likeness (QED) is 0.888. The first-order chi connectivity index (χ1) is 9.49. The molecule has 1 amide bonds. The summed E-state index contributed by atoms with van der Waals surface area (Å²) in [6, 6.07) is 8.96. The van der Waals surface area contributed by atoms with Crippen LogP contribution in [0.3, 0.4) is 0 Å². The molecule has 2 aromatic carbocycles. The molecule has 0 unspecified atom stereocenters. The minimum absolute atomic E-state index is 0.0222. The van der Waals surface area contributed by atoms with Gasteiger partial charge in [0.2, 0.25) is 5.91 Å². The first-order valence-electron chi connectivity index (χ1n) is 5.97. The van der Waals surface area contributed by atoms with E-state index in [0.717, 1.165) is 0 Å². The predicted octanol–water partition coefficient (Wildman–Crippen LogP) is 4.28. The van der Waals surface area contributed by atoms with Gasteiger partial charge in [-0.1, -0.05) is 28.1 Å². The van der Waals surface area contributed by atoms with Crippen molar-refractivity contribution in [1.82, 2.24) is 0 Å². The molecule has 0 fully saturated rings. The second-order valence-corrected chi connectivity index (χ2v) is 5.18. The molecule has 0 aliphatic heterocycles. The Morgan fingerprint density at radius 3 is 2.30 bits per heavy atom. The molecule has 0 aliphatic rings. The SMILES string of the molecule is CC(=O)Nc1cccc(Br)c1Cc1c(F)cccc1F. The number of carbonyl (C=O) groups is 1. The standard InChI is InChI=1S/C15H12BrF2NO/c1-9(20)19-15-7-2-4-12(16)10(15)8-11-13(17)5-3-6-14(11)18/h2-7H,8H2,1H3,(H,19,20). The molecule has 104 valence electrons. The van der Waals surface area contributed by atoms with Crippen LogP contribution in [0.5, 0.6) is 0 Å². The van der Waals surface area contributed by atoms with Crippen molar-refractivity contribution >= 4 is 27.5 Å². The Kier molecular flexibility index (Phi) is 4.49. The number of nitrogens with one attached hydrogen (secondary N) is 1. The van der Waals surface area contributed by atoms with Gasteiger partial charge >= 0.3 is 0 Å².